The summed E-state index contributed by atoms with van der Waals surface area (Å²) in [5.41, 5.74) is 5.40. The van der Waals surface area contributed by atoms with Gasteiger partial charge in [0.2, 0.25) is 0 Å². The highest BCUT2D eigenvalue weighted by Crippen LogP contribution is 2.20. The number of oxime groups is 1. The van der Waals surface area contributed by atoms with Gasteiger partial charge in [-0.25, -0.2) is 0 Å². The number of aromatic amines is 1. The smallest absolute Gasteiger partial charge is 0.178 e. The van der Waals surface area contributed by atoms with Crippen molar-refractivity contribution in [2.24, 2.45) is 5.16 Å². The Kier molecular flexibility index (Phi) is 7.21. The van der Waals surface area contributed by atoms with Gasteiger partial charge in [-0.2, -0.15) is 5.21 Å². The van der Waals surface area contributed by atoms with E-state index in [-0.39, 0.29) is 0 Å². The third-order valence-corrected chi connectivity index (χ3v) is 4.93. The van der Waals surface area contributed by atoms with Crippen LogP contribution in [-0.4, -0.2) is 39.5 Å². The molecule has 0 spiro atoms. The number of ether oxygens (including phenoxy) is 1. The van der Waals surface area contributed by atoms with Crippen LogP contribution in [0.25, 0.3) is 11.1 Å². The van der Waals surface area contributed by atoms with Crippen molar-refractivity contribution in [2.45, 2.75) is 19.8 Å². The van der Waals surface area contributed by atoms with Crippen LogP contribution < -0.4 is 4.74 Å². The minimum Gasteiger partial charge on any atom is -0.490 e. The van der Waals surface area contributed by atoms with Crippen LogP contribution in [0.4, 0.5) is 0 Å². The molecule has 1 heterocycles. The second-order valence-electron chi connectivity index (χ2n) is 7.17. The second kappa shape index (κ2) is 10.9. The van der Waals surface area contributed by atoms with E-state index in [1.54, 1.807) is 0 Å². The predicted molar refractivity (Wildman–Crippen MR) is 124 cm³/mol. The zero-order valence-electron chi connectivity index (χ0n) is 17.9. The Bertz CT molecular complexity index is 1130. The standard InChI is InChI=1S/C25H25N5O2/c1-2-24(22-13-11-21(12-14-22)20-8-4-3-5-9-20)28-32-16-15-31-23-10-6-7-19(17-23)18-25-26-29-30-27-25/h3-14,17H,2,15-16,18H2,1H3,(H,26,27,29,30)/b28-24+. The molecule has 7 heteroatoms. The molecule has 0 atom stereocenters. The van der Waals surface area contributed by atoms with E-state index >= 15 is 0 Å². The van der Waals surface area contributed by atoms with Gasteiger partial charge in [-0.05, 0) is 40.8 Å². The third-order valence-electron chi connectivity index (χ3n) is 4.93. The summed E-state index contributed by atoms with van der Waals surface area (Å²) < 4.78 is 5.79. The van der Waals surface area contributed by atoms with Crippen LogP contribution in [-0.2, 0) is 11.3 Å². The van der Waals surface area contributed by atoms with Gasteiger partial charge < -0.3 is 9.57 Å². The van der Waals surface area contributed by atoms with Crippen molar-refractivity contribution < 1.29 is 9.57 Å². The quantitative estimate of drug-likeness (QED) is 0.226. The van der Waals surface area contributed by atoms with Crippen molar-refractivity contribution in [3.8, 4) is 16.9 Å². The lowest BCUT2D eigenvalue weighted by Crippen LogP contribution is -2.07. The number of nitrogens with one attached hydrogen (secondary N) is 1. The van der Waals surface area contributed by atoms with Crippen LogP contribution in [0.5, 0.6) is 5.75 Å². The Hall–Kier alpha value is -4.00. The summed E-state index contributed by atoms with van der Waals surface area (Å²) in [5.74, 6) is 1.41. The second-order valence-corrected chi connectivity index (χ2v) is 7.17. The molecule has 4 aromatic rings. The van der Waals surface area contributed by atoms with Crippen molar-refractivity contribution >= 4 is 5.71 Å². The molecule has 1 N–H and O–H groups in total. The molecule has 0 saturated heterocycles. The fourth-order valence-corrected chi connectivity index (χ4v) is 3.31. The summed E-state index contributed by atoms with van der Waals surface area (Å²) in [6.45, 7) is 2.83. The summed E-state index contributed by atoms with van der Waals surface area (Å²) in [6.07, 6.45) is 1.38. The summed E-state index contributed by atoms with van der Waals surface area (Å²) in [5, 5.41) is 18.3. The van der Waals surface area contributed by atoms with E-state index in [0.29, 0.717) is 25.5 Å². The molecule has 0 saturated carbocycles. The summed E-state index contributed by atoms with van der Waals surface area (Å²) in [7, 11) is 0. The minimum atomic E-state index is 0.362. The Morgan fingerprint density at radius 2 is 1.72 bits per heavy atom. The molecule has 0 amide bonds. The molecule has 162 valence electrons. The summed E-state index contributed by atoms with van der Waals surface area (Å²) >= 11 is 0. The zero-order valence-corrected chi connectivity index (χ0v) is 17.9. The highest BCUT2D eigenvalue weighted by Gasteiger charge is 2.05. The first-order valence-corrected chi connectivity index (χ1v) is 10.6. The number of H-pyrrole nitrogens is 1. The van der Waals surface area contributed by atoms with E-state index in [1.165, 1.54) is 11.1 Å². The Morgan fingerprint density at radius 1 is 0.906 bits per heavy atom. The van der Waals surface area contributed by atoms with E-state index in [2.05, 4.69) is 69.1 Å². The lowest BCUT2D eigenvalue weighted by Gasteiger charge is -2.08. The molecule has 4 rings (SSSR count). The molecule has 0 aliphatic carbocycles. The van der Waals surface area contributed by atoms with Crippen molar-refractivity contribution in [1.82, 2.24) is 20.6 Å². The molecule has 0 radical (unpaired) electrons. The number of rotatable bonds is 10. The molecule has 0 aliphatic heterocycles. The minimum absolute atomic E-state index is 0.362. The number of hydrogen-bond donors (Lipinski definition) is 1. The lowest BCUT2D eigenvalue weighted by molar-refractivity contribution is 0.107. The van der Waals surface area contributed by atoms with Crippen molar-refractivity contribution in [1.29, 1.82) is 0 Å². The fourth-order valence-electron chi connectivity index (χ4n) is 3.31. The molecular formula is C25H25N5O2. The van der Waals surface area contributed by atoms with Crippen LogP contribution in [0, 0.1) is 0 Å². The number of benzene rings is 3. The Labute approximate surface area is 187 Å². The van der Waals surface area contributed by atoms with E-state index in [4.69, 9.17) is 9.57 Å². The highest BCUT2D eigenvalue weighted by atomic mass is 16.6. The lowest BCUT2D eigenvalue weighted by atomic mass is 10.0. The van der Waals surface area contributed by atoms with Gasteiger partial charge in [0.15, 0.2) is 12.4 Å². The predicted octanol–water partition coefficient (Wildman–Crippen LogP) is 4.67. The maximum atomic E-state index is 5.79. The summed E-state index contributed by atoms with van der Waals surface area (Å²) in [4.78, 5) is 5.52. The number of tetrazole rings is 1. The first kappa shape index (κ1) is 21.2. The molecule has 1 aromatic heterocycles. The van der Waals surface area contributed by atoms with Gasteiger partial charge in [-0.3, -0.25) is 0 Å². The largest absolute Gasteiger partial charge is 0.490 e. The maximum absolute atomic E-state index is 5.79. The molecule has 0 bridgehead atoms. The average molecular weight is 428 g/mol. The van der Waals surface area contributed by atoms with E-state index < -0.39 is 0 Å². The molecular weight excluding hydrogens is 402 g/mol. The van der Waals surface area contributed by atoms with Gasteiger partial charge in [0.05, 0.1) is 5.71 Å². The number of nitrogens with zero attached hydrogens (tertiary/aromatic N) is 4. The Balaban J connectivity index is 1.28. The van der Waals surface area contributed by atoms with Crippen LogP contribution >= 0.6 is 0 Å². The molecule has 7 nitrogen and oxygen atoms in total. The van der Waals surface area contributed by atoms with Crippen LogP contribution in [0.3, 0.4) is 0 Å². The van der Waals surface area contributed by atoms with Crippen molar-refractivity contribution in [2.75, 3.05) is 13.2 Å². The topological polar surface area (TPSA) is 85.3 Å². The zero-order chi connectivity index (χ0) is 22.0. The van der Waals surface area contributed by atoms with Crippen LogP contribution in [0.2, 0.25) is 0 Å². The van der Waals surface area contributed by atoms with Gasteiger partial charge in [-0.1, -0.05) is 84.0 Å². The van der Waals surface area contributed by atoms with E-state index in [9.17, 15) is 0 Å². The molecule has 0 aliphatic rings. The number of aromatic nitrogens is 4. The normalized spacial score (nSPS) is 11.3. The van der Waals surface area contributed by atoms with Crippen molar-refractivity contribution in [3.63, 3.8) is 0 Å². The average Bonchev–Trinajstić information content (AvgIpc) is 3.35. The first-order valence-electron chi connectivity index (χ1n) is 10.6. The third kappa shape index (κ3) is 5.78. The van der Waals surface area contributed by atoms with Gasteiger partial charge in [0, 0.05) is 6.42 Å². The molecule has 3 aromatic carbocycles. The summed E-state index contributed by atoms with van der Waals surface area (Å²) in [6, 6.07) is 26.5. The monoisotopic (exact) mass is 427 g/mol. The van der Waals surface area contributed by atoms with E-state index in [0.717, 1.165) is 29.0 Å². The number of hydrogen-bond acceptors (Lipinski definition) is 6. The van der Waals surface area contributed by atoms with Gasteiger partial charge in [0.1, 0.15) is 12.4 Å². The fraction of sp³-hybridized carbons (Fsp3) is 0.200. The SMILES string of the molecule is CC/C(=N\OCCOc1cccc(Cc2nn[nH]n2)c1)c1ccc(-c2ccccc2)cc1. The molecule has 0 fully saturated rings. The van der Waals surface area contributed by atoms with Gasteiger partial charge >= 0.3 is 0 Å². The van der Waals surface area contributed by atoms with Gasteiger partial charge in [-0.15, -0.1) is 10.2 Å². The highest BCUT2D eigenvalue weighted by molar-refractivity contribution is 6.00. The maximum Gasteiger partial charge on any atom is 0.178 e. The van der Waals surface area contributed by atoms with Crippen molar-refractivity contribution in [3.05, 3.63) is 95.8 Å². The molecule has 32 heavy (non-hydrogen) atoms. The van der Waals surface area contributed by atoms with Crippen LogP contribution in [0.15, 0.2) is 84.0 Å². The Morgan fingerprint density at radius 3 is 2.47 bits per heavy atom. The van der Waals surface area contributed by atoms with Crippen LogP contribution in [0.1, 0.15) is 30.3 Å². The molecule has 0 unspecified atom stereocenters. The van der Waals surface area contributed by atoms with Gasteiger partial charge in [0.25, 0.3) is 0 Å². The first-order chi connectivity index (χ1) is 15.8. The van der Waals surface area contributed by atoms with E-state index in [1.807, 2.05) is 42.5 Å².